The molecule has 1 saturated heterocycles. The van der Waals surface area contributed by atoms with Crippen LogP contribution in [-0.4, -0.2) is 30.5 Å². The van der Waals surface area contributed by atoms with E-state index in [0.717, 1.165) is 6.42 Å². The van der Waals surface area contributed by atoms with Crippen LogP contribution in [0, 0.1) is 0 Å². The second kappa shape index (κ2) is 5.07. The van der Waals surface area contributed by atoms with Gasteiger partial charge in [-0.3, -0.25) is 9.59 Å². The van der Waals surface area contributed by atoms with Gasteiger partial charge in [-0.2, -0.15) is 0 Å². The van der Waals surface area contributed by atoms with Crippen molar-refractivity contribution in [3.05, 3.63) is 22.7 Å². The van der Waals surface area contributed by atoms with Crippen molar-refractivity contribution in [2.24, 2.45) is 0 Å². The van der Waals surface area contributed by atoms with E-state index in [2.05, 4.69) is 5.32 Å². The number of rotatable bonds is 2. The summed E-state index contributed by atoms with van der Waals surface area (Å²) in [5.41, 5.74) is 0.865. The summed E-state index contributed by atoms with van der Waals surface area (Å²) in [6.07, 6.45) is 1.21. The zero-order chi connectivity index (χ0) is 14.3. The first-order valence-corrected chi connectivity index (χ1v) is 6.88. The third kappa shape index (κ3) is 2.39. The zero-order valence-corrected chi connectivity index (χ0v) is 11.7. The van der Waals surface area contributed by atoms with Gasteiger partial charge in [0, 0.05) is 5.56 Å². The predicted molar refractivity (Wildman–Crippen MR) is 73.5 cm³/mol. The molecule has 6 heteroatoms. The minimum Gasteiger partial charge on any atom is -0.482 e. The first-order valence-electron chi connectivity index (χ1n) is 6.50. The van der Waals surface area contributed by atoms with Crippen LogP contribution in [0.1, 0.15) is 30.1 Å². The van der Waals surface area contributed by atoms with Gasteiger partial charge in [-0.1, -0.05) is 11.6 Å². The van der Waals surface area contributed by atoms with Gasteiger partial charge in [-0.05, 0) is 31.9 Å². The Morgan fingerprint density at radius 3 is 2.90 bits per heavy atom. The molecule has 1 N–H and O–H groups in total. The van der Waals surface area contributed by atoms with Crippen LogP contribution in [-0.2, 0) is 9.53 Å². The van der Waals surface area contributed by atoms with Crippen LogP contribution >= 0.6 is 11.6 Å². The van der Waals surface area contributed by atoms with Crippen molar-refractivity contribution >= 4 is 29.0 Å². The van der Waals surface area contributed by atoms with Gasteiger partial charge in [0.2, 0.25) is 0 Å². The number of ketones is 1. The highest BCUT2D eigenvalue weighted by Gasteiger charge is 2.31. The third-order valence-corrected chi connectivity index (χ3v) is 3.80. The van der Waals surface area contributed by atoms with Gasteiger partial charge in [0.15, 0.2) is 12.4 Å². The van der Waals surface area contributed by atoms with Gasteiger partial charge in [0.25, 0.3) is 5.91 Å². The third-order valence-electron chi connectivity index (χ3n) is 3.49. The first-order chi connectivity index (χ1) is 9.54. The molecule has 1 amide bonds. The Kier molecular flexibility index (Phi) is 3.40. The average molecular weight is 296 g/mol. The van der Waals surface area contributed by atoms with E-state index in [9.17, 15) is 9.59 Å². The molecular weight excluding hydrogens is 282 g/mol. The summed E-state index contributed by atoms with van der Waals surface area (Å²) < 4.78 is 10.9. The lowest BCUT2D eigenvalue weighted by atomic mass is 10.0. The Bertz CT molecular complexity index is 587. The van der Waals surface area contributed by atoms with Gasteiger partial charge in [-0.25, -0.2) is 0 Å². The lowest BCUT2D eigenvalue weighted by Crippen LogP contribution is -2.26. The Labute approximate surface area is 121 Å². The Morgan fingerprint density at radius 1 is 1.40 bits per heavy atom. The zero-order valence-electron chi connectivity index (χ0n) is 10.9. The molecule has 2 aliphatic rings. The van der Waals surface area contributed by atoms with Crippen molar-refractivity contribution in [1.82, 2.24) is 0 Å². The number of hydrogen-bond donors (Lipinski definition) is 1. The fraction of sp³-hybridized carbons (Fsp3) is 0.429. The van der Waals surface area contributed by atoms with Crippen LogP contribution in [0.3, 0.4) is 0 Å². The van der Waals surface area contributed by atoms with E-state index >= 15 is 0 Å². The second-order valence-corrected chi connectivity index (χ2v) is 5.45. The van der Waals surface area contributed by atoms with Crippen LogP contribution in [0.4, 0.5) is 5.69 Å². The Hall–Kier alpha value is -1.59. The van der Waals surface area contributed by atoms with E-state index in [1.165, 1.54) is 0 Å². The van der Waals surface area contributed by atoms with Crippen molar-refractivity contribution in [3.63, 3.8) is 0 Å². The fourth-order valence-corrected chi connectivity index (χ4v) is 2.71. The number of Topliss-reactive ketones (excluding diaryl/α,β-unsaturated/α-hetero) is 1. The maximum Gasteiger partial charge on any atom is 0.262 e. The molecule has 1 aromatic carbocycles. The summed E-state index contributed by atoms with van der Waals surface area (Å²) in [7, 11) is 0. The standard InChI is InChI=1S/C14H14ClNO4/c1-7-2-3-11(20-7)14(18)8-4-12-10(5-9(8)15)16-13(17)6-19-12/h4-5,7,11H,2-3,6H2,1H3,(H,16,17). The quantitative estimate of drug-likeness (QED) is 0.851. The molecule has 2 atom stereocenters. The highest BCUT2D eigenvalue weighted by atomic mass is 35.5. The highest BCUT2D eigenvalue weighted by Crippen LogP contribution is 2.35. The number of nitrogens with one attached hydrogen (secondary N) is 1. The predicted octanol–water partition coefficient (Wildman–Crippen LogP) is 2.42. The number of halogens is 1. The molecule has 2 unspecified atom stereocenters. The van der Waals surface area contributed by atoms with Crippen LogP contribution in [0.25, 0.3) is 0 Å². The molecule has 5 nitrogen and oxygen atoms in total. The monoisotopic (exact) mass is 295 g/mol. The molecular formula is C14H14ClNO4. The van der Waals surface area contributed by atoms with Crippen molar-refractivity contribution in [3.8, 4) is 5.75 Å². The molecule has 2 heterocycles. The van der Waals surface area contributed by atoms with Gasteiger partial charge < -0.3 is 14.8 Å². The minimum atomic E-state index is -0.446. The summed E-state index contributed by atoms with van der Waals surface area (Å²) in [6.45, 7) is 1.89. The normalized spacial score (nSPS) is 24.8. The van der Waals surface area contributed by atoms with Crippen molar-refractivity contribution in [2.45, 2.75) is 32.0 Å². The molecule has 2 aliphatic heterocycles. The van der Waals surface area contributed by atoms with E-state index in [4.69, 9.17) is 21.1 Å². The summed E-state index contributed by atoms with van der Waals surface area (Å²) in [6, 6.07) is 3.12. The summed E-state index contributed by atoms with van der Waals surface area (Å²) in [4.78, 5) is 23.6. The number of fused-ring (bicyclic) bond motifs is 1. The number of amides is 1. The fourth-order valence-electron chi connectivity index (χ4n) is 2.46. The molecule has 0 radical (unpaired) electrons. The van der Waals surface area contributed by atoms with Crippen LogP contribution in [0.2, 0.25) is 5.02 Å². The number of anilines is 1. The van der Waals surface area contributed by atoms with E-state index in [1.807, 2.05) is 6.92 Å². The van der Waals surface area contributed by atoms with Gasteiger partial charge in [0.05, 0.1) is 16.8 Å². The average Bonchev–Trinajstić information content (AvgIpc) is 2.84. The molecule has 1 fully saturated rings. The molecule has 0 aliphatic carbocycles. The van der Waals surface area contributed by atoms with Crippen LogP contribution in [0.15, 0.2) is 12.1 Å². The maximum atomic E-state index is 12.4. The molecule has 0 spiro atoms. The molecule has 0 saturated carbocycles. The van der Waals surface area contributed by atoms with Crippen molar-refractivity contribution < 1.29 is 19.1 Å². The largest absolute Gasteiger partial charge is 0.482 e. The number of ether oxygens (including phenoxy) is 2. The van der Waals surface area contributed by atoms with Crippen molar-refractivity contribution in [2.75, 3.05) is 11.9 Å². The summed E-state index contributed by atoms with van der Waals surface area (Å²) in [5.74, 6) is 0.0895. The number of carbonyl (C=O) groups is 2. The SMILES string of the molecule is CC1CCC(C(=O)c2cc3c(cc2Cl)NC(=O)CO3)O1. The smallest absolute Gasteiger partial charge is 0.262 e. The van der Waals surface area contributed by atoms with Gasteiger partial charge in [0.1, 0.15) is 11.9 Å². The molecule has 1 aromatic rings. The Balaban J connectivity index is 1.90. The molecule has 3 rings (SSSR count). The second-order valence-electron chi connectivity index (χ2n) is 5.04. The van der Waals surface area contributed by atoms with E-state index in [0.29, 0.717) is 28.4 Å². The van der Waals surface area contributed by atoms with Crippen LogP contribution in [0.5, 0.6) is 5.75 Å². The van der Waals surface area contributed by atoms with Crippen LogP contribution < -0.4 is 10.1 Å². The molecule has 106 valence electrons. The summed E-state index contributed by atoms with van der Waals surface area (Å²) in [5, 5.41) is 2.95. The summed E-state index contributed by atoms with van der Waals surface area (Å²) >= 11 is 6.14. The number of benzene rings is 1. The lowest BCUT2D eigenvalue weighted by Gasteiger charge is -2.20. The number of hydrogen-bond acceptors (Lipinski definition) is 4. The van der Waals surface area contributed by atoms with E-state index in [1.54, 1.807) is 12.1 Å². The number of carbonyl (C=O) groups excluding carboxylic acids is 2. The van der Waals surface area contributed by atoms with Gasteiger partial charge in [-0.15, -0.1) is 0 Å². The molecule has 20 heavy (non-hydrogen) atoms. The topological polar surface area (TPSA) is 64.6 Å². The Morgan fingerprint density at radius 2 is 2.20 bits per heavy atom. The van der Waals surface area contributed by atoms with Gasteiger partial charge >= 0.3 is 0 Å². The first kappa shape index (κ1) is 13.4. The minimum absolute atomic E-state index is 0.0563. The maximum absolute atomic E-state index is 12.4. The molecule has 0 bridgehead atoms. The van der Waals surface area contributed by atoms with E-state index < -0.39 is 6.10 Å². The van der Waals surface area contributed by atoms with E-state index in [-0.39, 0.29) is 24.4 Å². The highest BCUT2D eigenvalue weighted by molar-refractivity contribution is 6.34. The lowest BCUT2D eigenvalue weighted by molar-refractivity contribution is -0.118. The molecule has 0 aromatic heterocycles. The van der Waals surface area contributed by atoms with Crippen molar-refractivity contribution in [1.29, 1.82) is 0 Å².